The number of ether oxygens (including phenoxy) is 1. The molecule has 24 heavy (non-hydrogen) atoms. The molecule has 1 fully saturated rings. The average Bonchev–Trinajstić information content (AvgIpc) is 2.51. The maximum atomic E-state index is 12.6. The summed E-state index contributed by atoms with van der Waals surface area (Å²) in [7, 11) is 0.453. The fraction of sp³-hybridized carbons (Fsp3) is 0.647. The smallest absolute Gasteiger partial charge is 0.279 e. The lowest BCUT2D eigenvalue weighted by molar-refractivity contribution is -0.0444. The van der Waals surface area contributed by atoms with Gasteiger partial charge in [0.15, 0.2) is 0 Å². The molecule has 136 valence electrons. The molecular weight excluding hydrogens is 326 g/mol. The van der Waals surface area contributed by atoms with Gasteiger partial charge in [0.25, 0.3) is 10.2 Å². The monoisotopic (exact) mass is 355 g/mol. The molecule has 1 saturated heterocycles. The van der Waals surface area contributed by atoms with Crippen LogP contribution in [0.5, 0.6) is 0 Å². The first-order valence-electron chi connectivity index (χ1n) is 8.38. The Morgan fingerprint density at radius 2 is 1.79 bits per heavy atom. The third kappa shape index (κ3) is 5.53. The highest BCUT2D eigenvalue weighted by molar-refractivity contribution is 7.87. The highest BCUT2D eigenvalue weighted by Gasteiger charge is 2.31. The normalized spacial score (nSPS) is 24.2. The van der Waals surface area contributed by atoms with Crippen LogP contribution in [0.3, 0.4) is 0 Å². The number of benzene rings is 1. The van der Waals surface area contributed by atoms with Crippen LogP contribution in [0.2, 0.25) is 0 Å². The minimum absolute atomic E-state index is 0.0840. The van der Waals surface area contributed by atoms with E-state index in [1.54, 1.807) is 0 Å². The third-order valence-electron chi connectivity index (χ3n) is 4.27. The summed E-state index contributed by atoms with van der Waals surface area (Å²) in [6, 6.07) is 10.2. The van der Waals surface area contributed by atoms with Gasteiger partial charge in [0.05, 0.1) is 12.2 Å². The van der Waals surface area contributed by atoms with E-state index in [2.05, 4.69) is 21.8 Å². The second kappa shape index (κ2) is 8.40. The van der Waals surface area contributed by atoms with E-state index >= 15 is 0 Å². The first-order chi connectivity index (χ1) is 11.3. The van der Waals surface area contributed by atoms with E-state index in [9.17, 15) is 8.42 Å². The number of rotatable bonds is 7. The number of nitrogens with zero attached hydrogens (tertiary/aromatic N) is 2. The van der Waals surface area contributed by atoms with E-state index in [1.165, 1.54) is 9.87 Å². The van der Waals surface area contributed by atoms with Crippen LogP contribution in [0, 0.1) is 0 Å². The van der Waals surface area contributed by atoms with Crippen molar-refractivity contribution in [3.63, 3.8) is 0 Å². The number of morpholine rings is 1. The number of likely N-dealkylation sites (N-methyl/N-ethyl adjacent to an activating group) is 1. The van der Waals surface area contributed by atoms with Crippen molar-refractivity contribution in [3.8, 4) is 0 Å². The largest absolute Gasteiger partial charge is 0.373 e. The zero-order valence-corrected chi connectivity index (χ0v) is 15.8. The van der Waals surface area contributed by atoms with Gasteiger partial charge in [-0.15, -0.1) is 0 Å². The minimum Gasteiger partial charge on any atom is -0.373 e. The fourth-order valence-corrected chi connectivity index (χ4v) is 4.34. The van der Waals surface area contributed by atoms with Crippen LogP contribution in [-0.4, -0.2) is 69.6 Å². The van der Waals surface area contributed by atoms with Crippen LogP contribution >= 0.6 is 0 Å². The summed E-state index contributed by atoms with van der Waals surface area (Å²) in [5, 5.41) is 0. The van der Waals surface area contributed by atoms with Crippen molar-refractivity contribution >= 4 is 10.2 Å². The maximum Gasteiger partial charge on any atom is 0.279 e. The molecule has 0 spiro atoms. The Balaban J connectivity index is 1.97. The summed E-state index contributed by atoms with van der Waals surface area (Å²) < 4.78 is 35.1. The molecule has 3 atom stereocenters. The lowest BCUT2D eigenvalue weighted by Crippen LogP contribution is -2.53. The van der Waals surface area contributed by atoms with Crippen molar-refractivity contribution in [2.75, 3.05) is 33.7 Å². The lowest BCUT2D eigenvalue weighted by atomic mass is 10.1. The summed E-state index contributed by atoms with van der Waals surface area (Å²) >= 11 is 0. The van der Waals surface area contributed by atoms with E-state index in [0.29, 0.717) is 19.6 Å². The zero-order chi connectivity index (χ0) is 17.7. The Morgan fingerprint density at radius 1 is 1.21 bits per heavy atom. The summed E-state index contributed by atoms with van der Waals surface area (Å²) in [6.07, 6.45) is 0.630. The number of hydrogen-bond donors (Lipinski definition) is 1. The van der Waals surface area contributed by atoms with Crippen LogP contribution in [0.25, 0.3) is 0 Å². The molecule has 0 aliphatic carbocycles. The predicted molar refractivity (Wildman–Crippen MR) is 96.1 cm³/mol. The van der Waals surface area contributed by atoms with Gasteiger partial charge in [-0.2, -0.15) is 12.7 Å². The standard InChI is InChI=1S/C17H29N3O3S/c1-14-12-20(13-15(2)23-14)24(21,22)18-11-17(19(3)4)10-16-8-6-5-7-9-16/h5-9,14-15,17-18H,10-13H2,1-4H3. The lowest BCUT2D eigenvalue weighted by Gasteiger charge is -2.35. The van der Waals surface area contributed by atoms with Crippen molar-refractivity contribution in [1.82, 2.24) is 13.9 Å². The highest BCUT2D eigenvalue weighted by atomic mass is 32.2. The van der Waals surface area contributed by atoms with Gasteiger partial charge in [-0.25, -0.2) is 4.72 Å². The molecule has 0 saturated carbocycles. The van der Waals surface area contributed by atoms with Crippen LogP contribution in [-0.2, 0) is 21.4 Å². The molecule has 2 rings (SSSR count). The van der Waals surface area contributed by atoms with Crippen molar-refractivity contribution < 1.29 is 13.2 Å². The SMILES string of the molecule is CC1CN(S(=O)(=O)NCC(Cc2ccccc2)N(C)C)CC(C)O1. The van der Waals surface area contributed by atoms with Crippen LogP contribution in [0.4, 0.5) is 0 Å². The van der Waals surface area contributed by atoms with E-state index in [0.717, 1.165) is 6.42 Å². The summed E-state index contributed by atoms with van der Waals surface area (Å²) in [6.45, 7) is 4.97. The molecule has 3 unspecified atom stereocenters. The third-order valence-corrected chi connectivity index (χ3v) is 5.78. The molecule has 7 heteroatoms. The first-order valence-corrected chi connectivity index (χ1v) is 9.82. The topological polar surface area (TPSA) is 61.9 Å². The Labute approximate surface area is 146 Å². The molecule has 6 nitrogen and oxygen atoms in total. The maximum absolute atomic E-state index is 12.6. The van der Waals surface area contributed by atoms with Crippen LogP contribution in [0.15, 0.2) is 30.3 Å². The molecule has 1 aliphatic heterocycles. The second-order valence-electron chi connectivity index (χ2n) is 6.73. The van der Waals surface area contributed by atoms with Crippen LogP contribution < -0.4 is 4.72 Å². The van der Waals surface area contributed by atoms with Gasteiger partial charge in [0, 0.05) is 25.7 Å². The Morgan fingerprint density at radius 3 is 2.33 bits per heavy atom. The van der Waals surface area contributed by atoms with Gasteiger partial charge in [-0.1, -0.05) is 30.3 Å². The van der Waals surface area contributed by atoms with Gasteiger partial charge in [-0.3, -0.25) is 0 Å². The minimum atomic E-state index is -3.49. The molecule has 1 aromatic rings. The van der Waals surface area contributed by atoms with E-state index < -0.39 is 10.2 Å². The molecular formula is C17H29N3O3S. The average molecular weight is 356 g/mol. The quantitative estimate of drug-likeness (QED) is 0.796. The van der Waals surface area contributed by atoms with E-state index in [4.69, 9.17) is 4.74 Å². The van der Waals surface area contributed by atoms with Crippen molar-refractivity contribution in [3.05, 3.63) is 35.9 Å². The molecule has 1 aromatic carbocycles. The summed E-state index contributed by atoms with van der Waals surface area (Å²) in [5.41, 5.74) is 1.20. The van der Waals surface area contributed by atoms with Gasteiger partial charge < -0.3 is 9.64 Å². The van der Waals surface area contributed by atoms with Gasteiger partial charge in [0.2, 0.25) is 0 Å². The van der Waals surface area contributed by atoms with E-state index in [-0.39, 0.29) is 18.2 Å². The van der Waals surface area contributed by atoms with Crippen molar-refractivity contribution in [2.24, 2.45) is 0 Å². The predicted octanol–water partition coefficient (Wildman–Crippen LogP) is 1.10. The van der Waals surface area contributed by atoms with Crippen LogP contribution in [0.1, 0.15) is 19.4 Å². The molecule has 0 aromatic heterocycles. The fourth-order valence-electron chi connectivity index (χ4n) is 2.94. The summed E-state index contributed by atoms with van der Waals surface area (Å²) in [4.78, 5) is 2.06. The molecule has 0 bridgehead atoms. The first kappa shape index (κ1) is 19.3. The van der Waals surface area contributed by atoms with Gasteiger partial charge in [-0.05, 0) is 39.9 Å². The molecule has 1 aliphatic rings. The van der Waals surface area contributed by atoms with Gasteiger partial charge >= 0.3 is 0 Å². The molecule has 0 amide bonds. The molecule has 1 N–H and O–H groups in total. The summed E-state index contributed by atoms with van der Waals surface area (Å²) in [5.74, 6) is 0. The second-order valence-corrected chi connectivity index (χ2v) is 8.49. The highest BCUT2D eigenvalue weighted by Crippen LogP contribution is 2.14. The molecule has 1 heterocycles. The Kier molecular flexibility index (Phi) is 6.77. The Hall–Kier alpha value is -0.990. The number of nitrogens with one attached hydrogen (secondary N) is 1. The van der Waals surface area contributed by atoms with Crippen molar-refractivity contribution in [2.45, 2.75) is 38.5 Å². The van der Waals surface area contributed by atoms with Crippen molar-refractivity contribution in [1.29, 1.82) is 0 Å². The Bertz CT molecular complexity index is 597. The molecule has 0 radical (unpaired) electrons. The number of hydrogen-bond acceptors (Lipinski definition) is 4. The zero-order valence-electron chi connectivity index (χ0n) is 15.0. The van der Waals surface area contributed by atoms with Gasteiger partial charge in [0.1, 0.15) is 0 Å². The van der Waals surface area contributed by atoms with E-state index in [1.807, 2.05) is 46.1 Å².